The van der Waals surface area contributed by atoms with Crippen LogP contribution in [-0.4, -0.2) is 42.6 Å². The van der Waals surface area contributed by atoms with Crippen molar-refractivity contribution >= 4 is 5.91 Å². The standard InChI is InChI=1S/C13H26N2O2/c1-4-17-12(8-14)7-13(16)15-9-10(2)5-6-11(15)3/h10-12H,4-9,14H2,1-3H3. The summed E-state index contributed by atoms with van der Waals surface area (Å²) in [7, 11) is 0. The van der Waals surface area contributed by atoms with Crippen molar-refractivity contribution in [2.24, 2.45) is 11.7 Å². The molecular weight excluding hydrogens is 216 g/mol. The van der Waals surface area contributed by atoms with Crippen LogP contribution in [0.1, 0.15) is 40.0 Å². The number of likely N-dealkylation sites (tertiary alicyclic amines) is 1. The van der Waals surface area contributed by atoms with Gasteiger partial charge in [-0.1, -0.05) is 6.92 Å². The van der Waals surface area contributed by atoms with Crippen molar-refractivity contribution in [3.05, 3.63) is 0 Å². The summed E-state index contributed by atoms with van der Waals surface area (Å²) in [5, 5.41) is 0. The fourth-order valence-corrected chi connectivity index (χ4v) is 2.39. The number of hydrogen-bond acceptors (Lipinski definition) is 3. The molecular formula is C13H26N2O2. The van der Waals surface area contributed by atoms with Crippen LogP contribution in [0, 0.1) is 5.92 Å². The summed E-state index contributed by atoms with van der Waals surface area (Å²) in [4.78, 5) is 14.2. The smallest absolute Gasteiger partial charge is 0.225 e. The minimum absolute atomic E-state index is 0.128. The lowest BCUT2D eigenvalue weighted by atomic mass is 9.94. The molecule has 1 rings (SSSR count). The molecule has 0 aromatic carbocycles. The number of piperidine rings is 1. The monoisotopic (exact) mass is 242 g/mol. The maximum atomic E-state index is 12.2. The van der Waals surface area contributed by atoms with E-state index in [1.165, 1.54) is 6.42 Å². The fraction of sp³-hybridized carbons (Fsp3) is 0.923. The lowest BCUT2D eigenvalue weighted by Crippen LogP contribution is -2.46. The summed E-state index contributed by atoms with van der Waals surface area (Å²) in [5.41, 5.74) is 5.60. The van der Waals surface area contributed by atoms with Gasteiger partial charge in [-0.2, -0.15) is 0 Å². The Hall–Kier alpha value is -0.610. The average molecular weight is 242 g/mol. The number of nitrogens with zero attached hydrogens (tertiary/aromatic N) is 1. The zero-order valence-corrected chi connectivity index (χ0v) is 11.3. The van der Waals surface area contributed by atoms with Crippen LogP contribution in [0.4, 0.5) is 0 Å². The molecule has 4 heteroatoms. The highest BCUT2D eigenvalue weighted by atomic mass is 16.5. The van der Waals surface area contributed by atoms with E-state index in [1.807, 2.05) is 11.8 Å². The molecule has 3 unspecified atom stereocenters. The lowest BCUT2D eigenvalue weighted by molar-refractivity contribution is -0.138. The normalized spacial score (nSPS) is 26.9. The molecule has 0 radical (unpaired) electrons. The van der Waals surface area contributed by atoms with Crippen LogP contribution < -0.4 is 5.73 Å². The zero-order chi connectivity index (χ0) is 12.8. The number of carbonyl (C=O) groups excluding carboxylic acids is 1. The highest BCUT2D eigenvalue weighted by Crippen LogP contribution is 2.22. The molecule has 100 valence electrons. The number of ether oxygens (including phenoxy) is 1. The highest BCUT2D eigenvalue weighted by Gasteiger charge is 2.28. The van der Waals surface area contributed by atoms with Gasteiger partial charge in [-0.05, 0) is 32.6 Å². The summed E-state index contributed by atoms with van der Waals surface area (Å²) in [6.07, 6.45) is 2.62. The van der Waals surface area contributed by atoms with Crippen LogP contribution in [0.25, 0.3) is 0 Å². The predicted octanol–water partition coefficient (Wildman–Crippen LogP) is 1.39. The van der Waals surface area contributed by atoms with Gasteiger partial charge in [0.2, 0.25) is 5.91 Å². The van der Waals surface area contributed by atoms with Gasteiger partial charge in [0.15, 0.2) is 0 Å². The van der Waals surface area contributed by atoms with Crippen molar-refractivity contribution in [3.63, 3.8) is 0 Å². The van der Waals surface area contributed by atoms with E-state index in [0.717, 1.165) is 13.0 Å². The third kappa shape index (κ3) is 4.28. The summed E-state index contributed by atoms with van der Waals surface area (Å²) < 4.78 is 5.44. The molecule has 0 spiro atoms. The van der Waals surface area contributed by atoms with Crippen molar-refractivity contribution in [2.45, 2.75) is 52.2 Å². The Kier molecular flexibility index (Phi) is 5.92. The van der Waals surface area contributed by atoms with Crippen LogP contribution in [0.5, 0.6) is 0 Å². The van der Waals surface area contributed by atoms with Crippen molar-refractivity contribution < 1.29 is 9.53 Å². The van der Waals surface area contributed by atoms with Crippen LogP contribution in [0.3, 0.4) is 0 Å². The second-order valence-electron chi connectivity index (χ2n) is 5.09. The van der Waals surface area contributed by atoms with Gasteiger partial charge in [-0.3, -0.25) is 4.79 Å². The number of rotatable bonds is 5. The molecule has 1 amide bonds. The van der Waals surface area contributed by atoms with Gasteiger partial charge in [-0.15, -0.1) is 0 Å². The highest BCUT2D eigenvalue weighted by molar-refractivity contribution is 5.77. The van der Waals surface area contributed by atoms with Crippen LogP contribution >= 0.6 is 0 Å². The maximum absolute atomic E-state index is 12.2. The molecule has 3 atom stereocenters. The van der Waals surface area contributed by atoms with E-state index in [4.69, 9.17) is 10.5 Å². The molecule has 1 aliphatic rings. The van der Waals surface area contributed by atoms with Crippen LogP contribution in [0.2, 0.25) is 0 Å². The minimum atomic E-state index is -0.128. The second kappa shape index (κ2) is 6.97. The Balaban J connectivity index is 2.49. The molecule has 1 heterocycles. The van der Waals surface area contributed by atoms with Crippen LogP contribution in [0.15, 0.2) is 0 Å². The molecule has 0 bridgehead atoms. The predicted molar refractivity (Wildman–Crippen MR) is 68.7 cm³/mol. The number of nitrogens with two attached hydrogens (primary N) is 1. The first-order valence-electron chi connectivity index (χ1n) is 6.69. The largest absolute Gasteiger partial charge is 0.377 e. The molecule has 4 nitrogen and oxygen atoms in total. The first kappa shape index (κ1) is 14.5. The van der Waals surface area contributed by atoms with Crippen molar-refractivity contribution in [2.75, 3.05) is 19.7 Å². The molecule has 0 aliphatic carbocycles. The Labute approximate surface area is 104 Å². The van der Waals surface area contributed by atoms with Gasteiger partial charge < -0.3 is 15.4 Å². The van der Waals surface area contributed by atoms with Gasteiger partial charge in [0.05, 0.1) is 12.5 Å². The Morgan fingerprint density at radius 1 is 1.47 bits per heavy atom. The van der Waals surface area contributed by atoms with Crippen molar-refractivity contribution in [1.82, 2.24) is 4.90 Å². The van der Waals surface area contributed by atoms with Gasteiger partial charge in [-0.25, -0.2) is 0 Å². The van der Waals surface area contributed by atoms with Crippen LogP contribution in [-0.2, 0) is 9.53 Å². The van der Waals surface area contributed by atoms with Gasteiger partial charge in [0.1, 0.15) is 0 Å². The molecule has 1 aliphatic heterocycles. The number of carbonyl (C=O) groups is 1. The lowest BCUT2D eigenvalue weighted by Gasteiger charge is -2.37. The van der Waals surface area contributed by atoms with E-state index < -0.39 is 0 Å². The third-order valence-corrected chi connectivity index (χ3v) is 3.51. The first-order chi connectivity index (χ1) is 8.08. The minimum Gasteiger partial charge on any atom is -0.377 e. The first-order valence-corrected chi connectivity index (χ1v) is 6.69. The Bertz CT molecular complexity index is 246. The molecule has 0 aromatic heterocycles. The van der Waals surface area contributed by atoms with E-state index in [1.54, 1.807) is 0 Å². The third-order valence-electron chi connectivity index (χ3n) is 3.51. The summed E-state index contributed by atoms with van der Waals surface area (Å²) in [6, 6.07) is 0.360. The van der Waals surface area contributed by atoms with E-state index in [9.17, 15) is 4.79 Å². The molecule has 0 saturated carbocycles. The quantitative estimate of drug-likeness (QED) is 0.792. The average Bonchev–Trinajstić information content (AvgIpc) is 2.31. The number of amides is 1. The summed E-state index contributed by atoms with van der Waals surface area (Å²) in [6.45, 7) is 8.16. The topological polar surface area (TPSA) is 55.6 Å². The molecule has 2 N–H and O–H groups in total. The van der Waals surface area contributed by atoms with E-state index in [2.05, 4.69) is 13.8 Å². The zero-order valence-electron chi connectivity index (χ0n) is 11.3. The van der Waals surface area contributed by atoms with Crippen molar-refractivity contribution in [1.29, 1.82) is 0 Å². The molecule has 0 aromatic rings. The van der Waals surface area contributed by atoms with Crippen molar-refractivity contribution in [3.8, 4) is 0 Å². The molecule has 1 fully saturated rings. The number of hydrogen-bond donors (Lipinski definition) is 1. The summed E-state index contributed by atoms with van der Waals surface area (Å²) >= 11 is 0. The summed E-state index contributed by atoms with van der Waals surface area (Å²) in [5.74, 6) is 0.798. The second-order valence-corrected chi connectivity index (χ2v) is 5.09. The van der Waals surface area contributed by atoms with Gasteiger partial charge in [0.25, 0.3) is 0 Å². The van der Waals surface area contributed by atoms with Gasteiger partial charge >= 0.3 is 0 Å². The fourth-order valence-electron chi connectivity index (χ4n) is 2.39. The Morgan fingerprint density at radius 3 is 2.76 bits per heavy atom. The SMILES string of the molecule is CCOC(CN)CC(=O)N1CC(C)CCC1C. The molecule has 1 saturated heterocycles. The maximum Gasteiger partial charge on any atom is 0.225 e. The van der Waals surface area contributed by atoms with E-state index in [0.29, 0.717) is 31.5 Å². The van der Waals surface area contributed by atoms with E-state index >= 15 is 0 Å². The Morgan fingerprint density at radius 2 is 2.18 bits per heavy atom. The van der Waals surface area contributed by atoms with E-state index in [-0.39, 0.29) is 12.0 Å². The molecule has 17 heavy (non-hydrogen) atoms. The van der Waals surface area contributed by atoms with Gasteiger partial charge in [0, 0.05) is 25.7 Å².